The minimum absolute atomic E-state index is 0.645. The Bertz CT molecular complexity index is 1130. The highest BCUT2D eigenvalue weighted by Gasteiger charge is 2.11. The fraction of sp³-hybridized carbons (Fsp3) is 0.452. The number of fused-ring (bicyclic) bond motifs is 1. The van der Waals surface area contributed by atoms with Crippen LogP contribution in [0.4, 0.5) is 5.69 Å². The van der Waals surface area contributed by atoms with Crippen LogP contribution in [-0.4, -0.2) is 73.1 Å². The maximum absolute atomic E-state index is 10.8. The molecule has 0 aliphatic carbocycles. The number of rotatable bonds is 13. The van der Waals surface area contributed by atoms with E-state index in [4.69, 9.17) is 14.2 Å². The molecule has 0 bridgehead atoms. The number of piperidine rings is 1. The smallest absolute Gasteiger partial charge is 0.145 e. The van der Waals surface area contributed by atoms with E-state index in [-0.39, 0.29) is 0 Å². The summed E-state index contributed by atoms with van der Waals surface area (Å²) in [5.41, 5.74) is 3.33. The number of anilines is 1. The van der Waals surface area contributed by atoms with Gasteiger partial charge in [-0.05, 0) is 91.6 Å². The third-order valence-corrected chi connectivity index (χ3v) is 7.39. The predicted molar refractivity (Wildman–Crippen MR) is 160 cm³/mol. The molecule has 6 nitrogen and oxygen atoms in total. The molecule has 0 atom stereocenters. The quantitative estimate of drug-likeness (QED) is 0.163. The van der Waals surface area contributed by atoms with Crippen molar-refractivity contribution in [3.63, 3.8) is 0 Å². The molecule has 4 rings (SSSR count). The fourth-order valence-electron chi connectivity index (χ4n) is 4.22. The summed E-state index contributed by atoms with van der Waals surface area (Å²) in [5.74, 6) is 0. The number of hydrogen-bond acceptors (Lipinski definition) is 7. The van der Waals surface area contributed by atoms with E-state index >= 15 is 0 Å². The largest absolute Gasteiger partial charge is 0.382 e. The maximum atomic E-state index is 10.8. The lowest BCUT2D eigenvalue weighted by molar-refractivity contribution is -0.104. The average Bonchev–Trinajstić information content (AvgIpc) is 3.43. The number of thiophene rings is 1. The van der Waals surface area contributed by atoms with E-state index in [1.807, 2.05) is 20.0 Å². The van der Waals surface area contributed by atoms with E-state index in [0.717, 1.165) is 29.9 Å². The second-order valence-electron chi connectivity index (χ2n) is 9.32. The lowest BCUT2D eigenvalue weighted by atomic mass is 10.0. The number of aldehydes is 1. The van der Waals surface area contributed by atoms with E-state index in [2.05, 4.69) is 58.7 Å². The van der Waals surface area contributed by atoms with Gasteiger partial charge in [0.2, 0.25) is 0 Å². The molecule has 3 aromatic rings. The van der Waals surface area contributed by atoms with Crippen molar-refractivity contribution >= 4 is 40.2 Å². The third-order valence-electron chi connectivity index (χ3n) is 6.31. The van der Waals surface area contributed by atoms with Gasteiger partial charge >= 0.3 is 0 Å². The summed E-state index contributed by atoms with van der Waals surface area (Å²) in [6.45, 7) is 8.41. The summed E-state index contributed by atoms with van der Waals surface area (Å²) in [4.78, 5) is 15.7. The summed E-state index contributed by atoms with van der Waals surface area (Å²) >= 11 is 1.72. The molecule has 0 saturated carbocycles. The van der Waals surface area contributed by atoms with Gasteiger partial charge in [-0.3, -0.25) is 4.79 Å². The van der Waals surface area contributed by atoms with Crippen LogP contribution in [0.5, 0.6) is 0 Å². The van der Waals surface area contributed by atoms with Crippen molar-refractivity contribution in [1.29, 1.82) is 0 Å². The number of nitrogens with zero attached hydrogens (tertiary/aromatic N) is 1. The summed E-state index contributed by atoms with van der Waals surface area (Å²) in [6.07, 6.45) is 6.80. The summed E-state index contributed by atoms with van der Waals surface area (Å²) in [6, 6.07) is 17.7. The van der Waals surface area contributed by atoms with Crippen LogP contribution >= 0.6 is 11.3 Å². The highest BCUT2D eigenvalue weighted by molar-refractivity contribution is 7.16. The van der Waals surface area contributed by atoms with E-state index in [0.29, 0.717) is 26.4 Å². The van der Waals surface area contributed by atoms with Crippen molar-refractivity contribution in [2.45, 2.75) is 26.2 Å². The Hall–Kier alpha value is -2.55. The van der Waals surface area contributed by atoms with Gasteiger partial charge in [0.15, 0.2) is 0 Å². The summed E-state index contributed by atoms with van der Waals surface area (Å²) in [5, 5.41) is 5.57. The first kappa shape index (κ1) is 30.0. The maximum Gasteiger partial charge on any atom is 0.145 e. The van der Waals surface area contributed by atoms with E-state index in [1.165, 1.54) is 59.3 Å². The van der Waals surface area contributed by atoms with Gasteiger partial charge in [-0.2, -0.15) is 0 Å². The number of hydrogen-bond donors (Lipinski definition) is 1. The second kappa shape index (κ2) is 17.1. The van der Waals surface area contributed by atoms with Gasteiger partial charge in [-0.25, -0.2) is 0 Å². The third kappa shape index (κ3) is 9.97. The van der Waals surface area contributed by atoms with E-state index < -0.39 is 0 Å². The molecule has 7 heteroatoms. The van der Waals surface area contributed by atoms with Gasteiger partial charge in [0.25, 0.3) is 0 Å². The van der Waals surface area contributed by atoms with Crippen LogP contribution in [0.25, 0.3) is 27.3 Å². The molecular weight excluding hydrogens is 496 g/mol. The van der Waals surface area contributed by atoms with Crippen LogP contribution in [0.15, 0.2) is 54.1 Å². The molecule has 0 unspecified atom stereocenters. The Morgan fingerprint density at radius 1 is 0.921 bits per heavy atom. The first-order valence-electron chi connectivity index (χ1n) is 13.5. The van der Waals surface area contributed by atoms with Crippen molar-refractivity contribution in [2.24, 2.45) is 0 Å². The van der Waals surface area contributed by atoms with Crippen molar-refractivity contribution in [2.75, 3.05) is 71.7 Å². The van der Waals surface area contributed by atoms with Crippen LogP contribution in [0, 0.1) is 0 Å². The molecule has 1 aliphatic heterocycles. The van der Waals surface area contributed by atoms with Gasteiger partial charge < -0.3 is 24.4 Å². The van der Waals surface area contributed by atoms with E-state index in [9.17, 15) is 4.79 Å². The Balaban J connectivity index is 0.000000284. The molecule has 0 amide bonds. The zero-order valence-corrected chi connectivity index (χ0v) is 23.9. The van der Waals surface area contributed by atoms with E-state index in [1.54, 1.807) is 18.4 Å². The molecule has 0 radical (unpaired) electrons. The lowest BCUT2D eigenvalue weighted by Crippen LogP contribution is -2.29. The number of allylic oxidation sites excluding steroid dienone is 1. The first-order valence-corrected chi connectivity index (χ1v) is 14.3. The summed E-state index contributed by atoms with van der Waals surface area (Å²) in [7, 11) is 3.56. The van der Waals surface area contributed by atoms with Gasteiger partial charge in [0.05, 0.1) is 33.0 Å². The van der Waals surface area contributed by atoms with Gasteiger partial charge in [0.1, 0.15) is 6.29 Å². The zero-order chi connectivity index (χ0) is 27.0. The molecular formula is C31H42N2O4S. The number of benzene rings is 2. The van der Waals surface area contributed by atoms with Crippen molar-refractivity contribution in [3.05, 3.63) is 59.0 Å². The Morgan fingerprint density at radius 3 is 2.37 bits per heavy atom. The molecule has 2 aromatic carbocycles. The molecule has 1 fully saturated rings. The van der Waals surface area contributed by atoms with Crippen LogP contribution in [0.2, 0.25) is 0 Å². The second-order valence-corrected chi connectivity index (χ2v) is 10.4. The highest BCUT2D eigenvalue weighted by atomic mass is 32.1. The van der Waals surface area contributed by atoms with Gasteiger partial charge in [0, 0.05) is 42.2 Å². The first-order chi connectivity index (χ1) is 18.6. The normalized spacial score (nSPS) is 13.9. The molecule has 38 heavy (non-hydrogen) atoms. The van der Waals surface area contributed by atoms with Gasteiger partial charge in [-0.15, -0.1) is 11.3 Å². The minimum Gasteiger partial charge on any atom is -0.382 e. The van der Waals surface area contributed by atoms with Crippen LogP contribution in [0.1, 0.15) is 31.1 Å². The lowest BCUT2D eigenvalue weighted by Gasteiger charge is -2.29. The monoisotopic (exact) mass is 538 g/mol. The number of carbonyl (C=O) groups excluding carboxylic acids is 1. The Morgan fingerprint density at radius 2 is 1.63 bits per heavy atom. The molecule has 1 saturated heterocycles. The topological polar surface area (TPSA) is 60.0 Å². The number of ether oxygens (including phenoxy) is 3. The SMILES string of the molecule is C/C(C=O)=C\c1ccc(-c2ccc3cc(N4CCCCC4)ccc3c2)s1.CNCCOCCOCCOC. The number of likely N-dealkylation sites (N-methyl/N-ethyl adjacent to an activating group) is 1. The van der Waals surface area contributed by atoms with Crippen LogP contribution in [0.3, 0.4) is 0 Å². The van der Waals surface area contributed by atoms with Gasteiger partial charge in [-0.1, -0.05) is 18.2 Å². The molecule has 206 valence electrons. The highest BCUT2D eigenvalue weighted by Crippen LogP contribution is 2.33. The van der Waals surface area contributed by atoms with Crippen LogP contribution < -0.4 is 10.2 Å². The molecule has 0 spiro atoms. The molecule has 1 N–H and O–H groups in total. The van der Waals surface area contributed by atoms with Crippen molar-refractivity contribution in [3.8, 4) is 10.4 Å². The predicted octanol–water partition coefficient (Wildman–Crippen LogP) is 6.05. The van der Waals surface area contributed by atoms with Crippen LogP contribution in [-0.2, 0) is 19.0 Å². The number of nitrogens with one attached hydrogen (secondary N) is 1. The number of carbonyl (C=O) groups is 1. The summed E-state index contributed by atoms with van der Waals surface area (Å²) < 4.78 is 15.2. The number of methoxy groups -OCH3 is 1. The zero-order valence-electron chi connectivity index (χ0n) is 23.0. The Labute approximate surface area is 231 Å². The molecule has 1 aliphatic rings. The standard InChI is InChI=1S/C23H23NOS.C8H19NO3/c1-17(16-25)13-22-9-10-23(26-22)20-6-5-19-15-21(8-7-18(19)14-20)24-11-3-2-4-12-24;1-9-3-4-11-7-8-12-6-5-10-2/h5-10,13-16H,2-4,11-12H2,1H3;9H,3-8H2,1-2H3/b17-13+;. The average molecular weight is 539 g/mol. The Kier molecular flexibility index (Phi) is 13.5. The molecule has 1 aromatic heterocycles. The van der Waals surface area contributed by atoms with Crippen molar-refractivity contribution in [1.82, 2.24) is 5.32 Å². The minimum atomic E-state index is 0.645. The molecule has 2 heterocycles. The van der Waals surface area contributed by atoms with Crippen molar-refractivity contribution < 1.29 is 19.0 Å². The fourth-order valence-corrected chi connectivity index (χ4v) is 5.23.